The average Bonchev–Trinajstić information content (AvgIpc) is 2.28. The number of amides is 1. The van der Waals surface area contributed by atoms with Crippen LogP contribution in [0.5, 0.6) is 0 Å². The Labute approximate surface area is 101 Å². The van der Waals surface area contributed by atoms with E-state index in [0.29, 0.717) is 11.2 Å². The van der Waals surface area contributed by atoms with Gasteiger partial charge in [-0.2, -0.15) is 0 Å². The molecule has 16 heavy (non-hydrogen) atoms. The molecule has 2 aromatic rings. The van der Waals surface area contributed by atoms with E-state index in [4.69, 9.17) is 6.42 Å². The summed E-state index contributed by atoms with van der Waals surface area (Å²) < 4.78 is 0.889. The average molecular weight is 275 g/mol. The molecule has 0 saturated carbocycles. The smallest absolute Gasteiger partial charge is 0.300 e. The van der Waals surface area contributed by atoms with Crippen LogP contribution in [-0.4, -0.2) is 10.9 Å². The maximum atomic E-state index is 11.1. The minimum absolute atomic E-state index is 0.475. The second kappa shape index (κ2) is 4.33. The number of aromatic nitrogens is 1. The fourth-order valence-electron chi connectivity index (χ4n) is 1.39. The molecule has 0 aliphatic rings. The number of pyridine rings is 1. The molecule has 78 valence electrons. The first-order valence-corrected chi connectivity index (χ1v) is 5.32. The molecule has 0 bridgehead atoms. The molecule has 1 aromatic heterocycles. The topological polar surface area (TPSA) is 42.0 Å². The summed E-state index contributed by atoms with van der Waals surface area (Å²) in [6, 6.07) is 7.44. The summed E-state index contributed by atoms with van der Waals surface area (Å²) in [6.45, 7) is 0. The van der Waals surface area contributed by atoms with Crippen LogP contribution in [0.3, 0.4) is 0 Å². The first kappa shape index (κ1) is 10.7. The van der Waals surface area contributed by atoms with Gasteiger partial charge in [-0.1, -0.05) is 12.1 Å². The number of hydrogen-bond donors (Lipinski definition) is 1. The second-order valence-corrected chi connectivity index (χ2v) is 4.04. The van der Waals surface area contributed by atoms with Gasteiger partial charge in [-0.15, -0.1) is 6.42 Å². The van der Waals surface area contributed by atoms with E-state index in [9.17, 15) is 4.79 Å². The zero-order valence-electron chi connectivity index (χ0n) is 8.20. The Morgan fingerprint density at radius 2 is 2.31 bits per heavy atom. The number of carbonyl (C=O) groups is 1. The summed E-state index contributed by atoms with van der Waals surface area (Å²) in [5, 5.41) is 3.54. The third kappa shape index (κ3) is 2.05. The second-order valence-electron chi connectivity index (χ2n) is 3.13. The van der Waals surface area contributed by atoms with E-state index >= 15 is 0 Å². The summed E-state index contributed by atoms with van der Waals surface area (Å²) in [5.74, 6) is 1.53. The SMILES string of the molecule is C#CC(=O)Nc1cccc2cc(Br)cnc12. The molecule has 0 aliphatic heterocycles. The van der Waals surface area contributed by atoms with Gasteiger partial charge < -0.3 is 5.32 Å². The lowest BCUT2D eigenvalue weighted by molar-refractivity contribution is -0.111. The van der Waals surface area contributed by atoms with Crippen molar-refractivity contribution in [3.05, 3.63) is 34.9 Å². The van der Waals surface area contributed by atoms with Crippen LogP contribution in [0.1, 0.15) is 0 Å². The molecule has 0 fully saturated rings. The van der Waals surface area contributed by atoms with Gasteiger partial charge in [0.2, 0.25) is 0 Å². The van der Waals surface area contributed by atoms with E-state index < -0.39 is 5.91 Å². The van der Waals surface area contributed by atoms with Gasteiger partial charge in [0.15, 0.2) is 0 Å². The summed E-state index contributed by atoms with van der Waals surface area (Å²) in [5.41, 5.74) is 1.34. The number of benzene rings is 1. The number of nitrogens with one attached hydrogen (secondary N) is 1. The molecule has 4 heteroatoms. The highest BCUT2D eigenvalue weighted by atomic mass is 79.9. The highest BCUT2D eigenvalue weighted by Gasteiger charge is 2.04. The maximum absolute atomic E-state index is 11.1. The standard InChI is InChI=1S/C12H7BrN2O/c1-2-11(16)15-10-5-3-4-8-6-9(13)7-14-12(8)10/h1,3-7H,(H,15,16). The summed E-state index contributed by atoms with van der Waals surface area (Å²) in [6.07, 6.45) is 6.67. The monoisotopic (exact) mass is 274 g/mol. The number of para-hydroxylation sites is 1. The van der Waals surface area contributed by atoms with E-state index in [1.807, 2.05) is 24.1 Å². The first-order valence-electron chi connectivity index (χ1n) is 4.52. The number of terminal acetylenes is 1. The van der Waals surface area contributed by atoms with Crippen LogP contribution in [0.4, 0.5) is 5.69 Å². The van der Waals surface area contributed by atoms with Crippen LogP contribution in [-0.2, 0) is 4.79 Å². The van der Waals surface area contributed by atoms with Crippen LogP contribution < -0.4 is 5.32 Å². The number of rotatable bonds is 1. The molecule has 0 aliphatic carbocycles. The van der Waals surface area contributed by atoms with Crippen molar-refractivity contribution in [3.8, 4) is 12.3 Å². The van der Waals surface area contributed by atoms with Crippen molar-refractivity contribution in [2.75, 3.05) is 5.32 Å². The van der Waals surface area contributed by atoms with Crippen LogP contribution in [0.2, 0.25) is 0 Å². The largest absolute Gasteiger partial charge is 0.313 e. The van der Waals surface area contributed by atoms with Crippen molar-refractivity contribution in [1.82, 2.24) is 4.98 Å². The summed E-state index contributed by atoms with van der Waals surface area (Å²) >= 11 is 3.34. The highest BCUT2D eigenvalue weighted by molar-refractivity contribution is 9.10. The quantitative estimate of drug-likeness (QED) is 0.813. The van der Waals surface area contributed by atoms with Crippen molar-refractivity contribution in [1.29, 1.82) is 0 Å². The predicted octanol–water partition coefficient (Wildman–Crippen LogP) is 2.57. The minimum atomic E-state index is -0.475. The highest BCUT2D eigenvalue weighted by Crippen LogP contribution is 2.23. The molecule has 0 atom stereocenters. The maximum Gasteiger partial charge on any atom is 0.300 e. The van der Waals surface area contributed by atoms with Gasteiger partial charge in [0.1, 0.15) is 0 Å². The molecule has 1 amide bonds. The molecular weight excluding hydrogens is 268 g/mol. The Morgan fingerprint density at radius 1 is 1.50 bits per heavy atom. The molecule has 1 heterocycles. The lowest BCUT2D eigenvalue weighted by Gasteiger charge is -2.05. The molecule has 2 rings (SSSR count). The molecule has 0 saturated heterocycles. The van der Waals surface area contributed by atoms with E-state index in [0.717, 1.165) is 9.86 Å². The van der Waals surface area contributed by atoms with Crippen LogP contribution in [0.25, 0.3) is 10.9 Å². The van der Waals surface area contributed by atoms with Crippen molar-refractivity contribution < 1.29 is 4.79 Å². The van der Waals surface area contributed by atoms with E-state index in [-0.39, 0.29) is 0 Å². The molecule has 0 spiro atoms. The van der Waals surface area contributed by atoms with Crippen molar-refractivity contribution in [3.63, 3.8) is 0 Å². The first-order chi connectivity index (χ1) is 7.70. The summed E-state index contributed by atoms with van der Waals surface area (Å²) in [7, 11) is 0. The van der Waals surface area contributed by atoms with Gasteiger partial charge in [-0.3, -0.25) is 9.78 Å². The Balaban J connectivity index is 2.54. The van der Waals surface area contributed by atoms with Crippen molar-refractivity contribution >= 4 is 38.4 Å². The number of nitrogens with zero attached hydrogens (tertiary/aromatic N) is 1. The third-order valence-corrected chi connectivity index (χ3v) is 2.49. The molecule has 3 nitrogen and oxygen atoms in total. The number of hydrogen-bond acceptors (Lipinski definition) is 2. The predicted molar refractivity (Wildman–Crippen MR) is 66.9 cm³/mol. The van der Waals surface area contributed by atoms with Crippen LogP contribution >= 0.6 is 15.9 Å². The van der Waals surface area contributed by atoms with Gasteiger partial charge in [0.05, 0.1) is 11.2 Å². The molecule has 0 radical (unpaired) electrons. The Morgan fingerprint density at radius 3 is 3.06 bits per heavy atom. The van der Waals surface area contributed by atoms with Crippen molar-refractivity contribution in [2.45, 2.75) is 0 Å². The van der Waals surface area contributed by atoms with E-state index in [1.54, 1.807) is 12.3 Å². The molecular formula is C12H7BrN2O. The van der Waals surface area contributed by atoms with Gasteiger partial charge in [-0.25, -0.2) is 0 Å². The molecule has 1 N–H and O–H groups in total. The Hall–Kier alpha value is -1.86. The Bertz CT molecular complexity index is 601. The van der Waals surface area contributed by atoms with Gasteiger partial charge >= 0.3 is 0 Å². The lowest BCUT2D eigenvalue weighted by Crippen LogP contribution is -2.08. The normalized spacial score (nSPS) is 9.75. The fourth-order valence-corrected chi connectivity index (χ4v) is 1.74. The molecule has 1 aromatic carbocycles. The number of carbonyl (C=O) groups excluding carboxylic acids is 1. The number of fused-ring (bicyclic) bond motifs is 1. The van der Waals surface area contributed by atoms with Crippen LogP contribution in [0.15, 0.2) is 34.9 Å². The van der Waals surface area contributed by atoms with Gasteiger partial charge in [0.25, 0.3) is 5.91 Å². The van der Waals surface area contributed by atoms with E-state index in [1.165, 1.54) is 0 Å². The number of halogens is 1. The summed E-state index contributed by atoms with van der Waals surface area (Å²) in [4.78, 5) is 15.3. The number of anilines is 1. The molecule has 0 unspecified atom stereocenters. The van der Waals surface area contributed by atoms with Gasteiger partial charge in [0, 0.05) is 16.1 Å². The lowest BCUT2D eigenvalue weighted by atomic mass is 10.2. The zero-order valence-corrected chi connectivity index (χ0v) is 9.78. The third-order valence-electron chi connectivity index (χ3n) is 2.06. The van der Waals surface area contributed by atoms with E-state index in [2.05, 4.69) is 26.2 Å². The fraction of sp³-hybridized carbons (Fsp3) is 0. The van der Waals surface area contributed by atoms with Crippen molar-refractivity contribution in [2.24, 2.45) is 0 Å². The Kier molecular flexibility index (Phi) is 2.88. The van der Waals surface area contributed by atoms with Crippen LogP contribution in [0, 0.1) is 12.3 Å². The van der Waals surface area contributed by atoms with Gasteiger partial charge in [-0.05, 0) is 34.0 Å². The zero-order chi connectivity index (χ0) is 11.5. The minimum Gasteiger partial charge on any atom is -0.313 e.